The third-order valence-corrected chi connectivity index (χ3v) is 6.28. The standard InChI is InChI=1S/C16H28N2O2S/c1-11(2)12-13(19)17-15(3,4)14(20)18(12)10-16(21-5)8-6-7-9-16/h11-12H,6-10H2,1-5H3,(H,17,19). The molecule has 0 aromatic rings. The van der Waals surface area contributed by atoms with E-state index in [1.165, 1.54) is 12.8 Å². The lowest BCUT2D eigenvalue weighted by atomic mass is 9.90. The molecular formula is C16H28N2O2S. The van der Waals surface area contributed by atoms with Crippen LogP contribution in [-0.4, -0.2) is 45.8 Å². The van der Waals surface area contributed by atoms with Gasteiger partial charge in [0.15, 0.2) is 0 Å². The molecule has 2 amide bonds. The van der Waals surface area contributed by atoms with Gasteiger partial charge in [-0.05, 0) is 38.9 Å². The van der Waals surface area contributed by atoms with Crippen molar-refractivity contribution in [3.63, 3.8) is 0 Å². The fourth-order valence-electron chi connectivity index (χ4n) is 3.65. The summed E-state index contributed by atoms with van der Waals surface area (Å²) in [5, 5.41) is 2.89. The first-order valence-electron chi connectivity index (χ1n) is 7.91. The lowest BCUT2D eigenvalue weighted by Gasteiger charge is -2.47. The molecule has 1 aliphatic carbocycles. The highest BCUT2D eigenvalue weighted by Crippen LogP contribution is 2.42. The zero-order chi connectivity index (χ0) is 15.8. The molecule has 1 aliphatic heterocycles. The Bertz CT molecular complexity index is 428. The minimum Gasteiger partial charge on any atom is -0.340 e. The molecule has 5 heteroatoms. The summed E-state index contributed by atoms with van der Waals surface area (Å²) < 4.78 is 0.135. The maximum atomic E-state index is 12.9. The first kappa shape index (κ1) is 16.7. The quantitative estimate of drug-likeness (QED) is 0.867. The van der Waals surface area contributed by atoms with Crippen LogP contribution in [0.5, 0.6) is 0 Å². The summed E-state index contributed by atoms with van der Waals surface area (Å²) in [5.74, 6) is 0.176. The van der Waals surface area contributed by atoms with E-state index >= 15 is 0 Å². The molecule has 1 N–H and O–H groups in total. The molecule has 120 valence electrons. The van der Waals surface area contributed by atoms with Crippen LogP contribution in [0.2, 0.25) is 0 Å². The minimum absolute atomic E-state index is 0.0103. The van der Waals surface area contributed by atoms with Crippen molar-refractivity contribution in [1.29, 1.82) is 0 Å². The van der Waals surface area contributed by atoms with Gasteiger partial charge in [-0.15, -0.1) is 0 Å². The van der Waals surface area contributed by atoms with E-state index in [2.05, 4.69) is 11.6 Å². The molecular weight excluding hydrogens is 284 g/mol. The van der Waals surface area contributed by atoms with E-state index in [9.17, 15) is 9.59 Å². The van der Waals surface area contributed by atoms with Crippen LogP contribution in [0.15, 0.2) is 0 Å². The smallest absolute Gasteiger partial charge is 0.248 e. The van der Waals surface area contributed by atoms with Gasteiger partial charge in [0, 0.05) is 11.3 Å². The number of amides is 2. The van der Waals surface area contributed by atoms with Gasteiger partial charge in [-0.25, -0.2) is 0 Å². The molecule has 0 aromatic carbocycles. The molecule has 0 radical (unpaired) electrons. The van der Waals surface area contributed by atoms with Gasteiger partial charge in [0.25, 0.3) is 0 Å². The van der Waals surface area contributed by atoms with E-state index in [0.29, 0.717) is 6.54 Å². The number of thioether (sulfide) groups is 1. The second-order valence-electron chi connectivity index (χ2n) is 7.33. The number of nitrogens with zero attached hydrogens (tertiary/aromatic N) is 1. The Balaban J connectivity index is 2.30. The van der Waals surface area contributed by atoms with E-state index in [0.717, 1.165) is 12.8 Å². The van der Waals surface area contributed by atoms with Crippen LogP contribution in [-0.2, 0) is 9.59 Å². The molecule has 1 saturated carbocycles. The molecule has 21 heavy (non-hydrogen) atoms. The Morgan fingerprint density at radius 3 is 2.33 bits per heavy atom. The van der Waals surface area contributed by atoms with Crippen molar-refractivity contribution in [2.75, 3.05) is 12.8 Å². The van der Waals surface area contributed by atoms with Gasteiger partial charge < -0.3 is 10.2 Å². The predicted octanol–water partition coefficient (Wildman–Crippen LogP) is 2.42. The SMILES string of the molecule is CSC1(CN2C(=O)C(C)(C)NC(=O)C2C(C)C)CCCC1. The Kier molecular flexibility index (Phi) is 4.62. The Hall–Kier alpha value is -0.710. The summed E-state index contributed by atoms with van der Waals surface area (Å²) >= 11 is 1.87. The van der Waals surface area contributed by atoms with Gasteiger partial charge in [-0.2, -0.15) is 11.8 Å². The van der Waals surface area contributed by atoms with E-state index in [-0.39, 0.29) is 28.5 Å². The van der Waals surface area contributed by atoms with Crippen molar-refractivity contribution in [3.05, 3.63) is 0 Å². The Morgan fingerprint density at radius 2 is 1.86 bits per heavy atom. The Morgan fingerprint density at radius 1 is 1.29 bits per heavy atom. The summed E-state index contributed by atoms with van der Waals surface area (Å²) in [7, 11) is 0. The van der Waals surface area contributed by atoms with Crippen LogP contribution in [0, 0.1) is 5.92 Å². The van der Waals surface area contributed by atoms with E-state index < -0.39 is 5.54 Å². The first-order chi connectivity index (χ1) is 9.72. The lowest BCUT2D eigenvalue weighted by molar-refractivity contribution is -0.155. The van der Waals surface area contributed by atoms with E-state index in [4.69, 9.17) is 0 Å². The zero-order valence-corrected chi connectivity index (χ0v) is 14.7. The molecule has 2 fully saturated rings. The predicted molar refractivity (Wildman–Crippen MR) is 87.3 cm³/mol. The Labute approximate surface area is 132 Å². The normalized spacial score (nSPS) is 28.1. The maximum Gasteiger partial charge on any atom is 0.248 e. The molecule has 2 rings (SSSR count). The molecule has 2 aliphatic rings. The molecule has 0 aromatic heterocycles. The molecule has 1 unspecified atom stereocenters. The number of nitrogens with one attached hydrogen (secondary N) is 1. The van der Waals surface area contributed by atoms with Crippen molar-refractivity contribution in [1.82, 2.24) is 10.2 Å². The van der Waals surface area contributed by atoms with Crippen LogP contribution in [0.1, 0.15) is 53.4 Å². The largest absolute Gasteiger partial charge is 0.340 e. The van der Waals surface area contributed by atoms with Crippen molar-refractivity contribution < 1.29 is 9.59 Å². The number of rotatable bonds is 4. The lowest BCUT2D eigenvalue weighted by Crippen LogP contribution is -2.70. The summed E-state index contributed by atoms with van der Waals surface area (Å²) in [4.78, 5) is 27.2. The number of hydrogen-bond acceptors (Lipinski definition) is 3. The van der Waals surface area contributed by atoms with Gasteiger partial charge in [0.2, 0.25) is 11.8 Å². The average molecular weight is 312 g/mol. The van der Waals surface area contributed by atoms with Gasteiger partial charge in [-0.1, -0.05) is 26.7 Å². The third kappa shape index (κ3) is 3.08. The maximum absolute atomic E-state index is 12.9. The monoisotopic (exact) mass is 312 g/mol. The molecule has 1 heterocycles. The average Bonchev–Trinajstić information content (AvgIpc) is 2.84. The topological polar surface area (TPSA) is 49.4 Å². The van der Waals surface area contributed by atoms with Crippen molar-refractivity contribution in [2.45, 2.75) is 69.7 Å². The van der Waals surface area contributed by atoms with Crippen LogP contribution in [0.25, 0.3) is 0 Å². The second kappa shape index (κ2) is 5.82. The second-order valence-corrected chi connectivity index (χ2v) is 8.60. The highest BCUT2D eigenvalue weighted by Gasteiger charge is 2.49. The summed E-state index contributed by atoms with van der Waals surface area (Å²) in [6, 6.07) is -0.338. The van der Waals surface area contributed by atoms with Crippen molar-refractivity contribution in [3.8, 4) is 0 Å². The number of carbonyl (C=O) groups is 2. The van der Waals surface area contributed by atoms with Crippen LogP contribution in [0.3, 0.4) is 0 Å². The molecule has 1 atom stereocenters. The van der Waals surface area contributed by atoms with Crippen LogP contribution in [0.4, 0.5) is 0 Å². The van der Waals surface area contributed by atoms with E-state index in [1.54, 1.807) is 13.8 Å². The van der Waals surface area contributed by atoms with Crippen LogP contribution < -0.4 is 5.32 Å². The highest BCUT2D eigenvalue weighted by molar-refractivity contribution is 8.00. The molecule has 1 saturated heterocycles. The summed E-state index contributed by atoms with van der Waals surface area (Å²) in [6.07, 6.45) is 6.88. The highest BCUT2D eigenvalue weighted by atomic mass is 32.2. The number of carbonyl (C=O) groups excluding carboxylic acids is 2. The summed E-state index contributed by atoms with van der Waals surface area (Å²) in [5.41, 5.74) is -0.791. The molecule has 0 spiro atoms. The third-order valence-electron chi connectivity index (χ3n) is 4.87. The number of hydrogen-bond donors (Lipinski definition) is 1. The van der Waals surface area contributed by atoms with Gasteiger partial charge >= 0.3 is 0 Å². The molecule has 0 bridgehead atoms. The van der Waals surface area contributed by atoms with E-state index in [1.807, 2.05) is 30.5 Å². The fraction of sp³-hybridized carbons (Fsp3) is 0.875. The van der Waals surface area contributed by atoms with Crippen molar-refractivity contribution in [2.24, 2.45) is 5.92 Å². The van der Waals surface area contributed by atoms with Crippen molar-refractivity contribution >= 4 is 23.6 Å². The first-order valence-corrected chi connectivity index (χ1v) is 9.13. The van der Waals surface area contributed by atoms with Gasteiger partial charge in [-0.3, -0.25) is 9.59 Å². The van der Waals surface area contributed by atoms with Gasteiger partial charge in [0.1, 0.15) is 11.6 Å². The number of piperazine rings is 1. The fourth-order valence-corrected chi connectivity index (χ4v) is 4.62. The van der Waals surface area contributed by atoms with Crippen LogP contribution >= 0.6 is 11.8 Å². The summed E-state index contributed by atoms with van der Waals surface area (Å²) in [6.45, 7) is 8.34. The van der Waals surface area contributed by atoms with Gasteiger partial charge in [0.05, 0.1) is 0 Å². The molecule has 4 nitrogen and oxygen atoms in total. The zero-order valence-electron chi connectivity index (χ0n) is 13.9. The minimum atomic E-state index is -0.791.